The minimum Gasteiger partial charge on any atom is -0.480 e. The average Bonchev–Trinajstić information content (AvgIpc) is 3.63. The van der Waals surface area contributed by atoms with E-state index in [1.165, 1.54) is 17.5 Å². The van der Waals surface area contributed by atoms with Crippen molar-refractivity contribution < 1.29 is 19.4 Å². The van der Waals surface area contributed by atoms with Crippen molar-refractivity contribution in [2.45, 2.75) is 37.1 Å². The first kappa shape index (κ1) is 21.3. The van der Waals surface area contributed by atoms with Crippen LogP contribution in [0.3, 0.4) is 0 Å². The second-order valence-corrected chi connectivity index (χ2v) is 8.95. The van der Waals surface area contributed by atoms with Crippen LogP contribution in [0.2, 0.25) is 0 Å². The summed E-state index contributed by atoms with van der Waals surface area (Å²) in [6.45, 7) is 0.169. The molecule has 0 heterocycles. The van der Waals surface area contributed by atoms with Gasteiger partial charge in [0.05, 0.1) is 0 Å². The van der Waals surface area contributed by atoms with Gasteiger partial charge in [-0.1, -0.05) is 72.8 Å². The van der Waals surface area contributed by atoms with Crippen molar-refractivity contribution in [3.63, 3.8) is 0 Å². The van der Waals surface area contributed by atoms with Crippen LogP contribution in [0.5, 0.6) is 0 Å². The van der Waals surface area contributed by atoms with Gasteiger partial charge in [-0.2, -0.15) is 0 Å². The Balaban J connectivity index is 1.31. The van der Waals surface area contributed by atoms with Crippen LogP contribution in [0.15, 0.2) is 72.8 Å². The van der Waals surface area contributed by atoms with E-state index in [1.807, 2.05) is 42.5 Å². The van der Waals surface area contributed by atoms with E-state index in [0.29, 0.717) is 5.92 Å². The Hall–Kier alpha value is -3.60. The van der Waals surface area contributed by atoms with Gasteiger partial charge >= 0.3 is 12.1 Å². The number of aliphatic carboxylic acids is 1. The summed E-state index contributed by atoms with van der Waals surface area (Å²) in [6.07, 6.45) is 1.92. The molecule has 5 rings (SSSR count). The average molecular weight is 442 g/mol. The third-order valence-electron chi connectivity index (χ3n) is 6.86. The van der Waals surface area contributed by atoms with Gasteiger partial charge in [0.2, 0.25) is 0 Å². The lowest BCUT2D eigenvalue weighted by molar-refractivity contribution is -0.142. The molecule has 5 nitrogen and oxygen atoms in total. The Kier molecular flexibility index (Phi) is 5.63. The topological polar surface area (TPSA) is 66.8 Å². The lowest BCUT2D eigenvalue weighted by Gasteiger charge is -2.26. The normalized spacial score (nSPS) is 15.4. The van der Waals surface area contributed by atoms with Crippen LogP contribution in [-0.2, 0) is 16.0 Å². The number of rotatable bonds is 7. The predicted octanol–water partition coefficient (Wildman–Crippen LogP) is 5.44. The monoisotopic (exact) mass is 441 g/mol. The van der Waals surface area contributed by atoms with Crippen molar-refractivity contribution >= 4 is 12.1 Å². The molecular formula is C28H27NO4. The number of carboxylic acids is 1. The fraction of sp³-hybridized carbons (Fsp3) is 0.286. The molecule has 1 atom stereocenters. The lowest BCUT2D eigenvalue weighted by Crippen LogP contribution is -2.44. The van der Waals surface area contributed by atoms with Crippen molar-refractivity contribution in [3.05, 3.63) is 95.1 Å². The van der Waals surface area contributed by atoms with Gasteiger partial charge in [0.15, 0.2) is 0 Å². The molecule has 33 heavy (non-hydrogen) atoms. The molecule has 5 heteroatoms. The SMILES string of the molecule is CN(C(=O)OCC1c2ccccc2-c2ccccc21)C(Cc1ccccc1C1CC1)C(=O)O. The number of fused-ring (bicyclic) bond motifs is 3. The number of carbonyl (C=O) groups is 2. The fourth-order valence-corrected chi connectivity index (χ4v) is 4.93. The van der Waals surface area contributed by atoms with Crippen molar-refractivity contribution in [1.82, 2.24) is 4.90 Å². The molecule has 168 valence electrons. The fourth-order valence-electron chi connectivity index (χ4n) is 4.93. The molecule has 1 fully saturated rings. The van der Waals surface area contributed by atoms with E-state index in [2.05, 4.69) is 30.3 Å². The van der Waals surface area contributed by atoms with Gasteiger partial charge in [0.1, 0.15) is 12.6 Å². The third kappa shape index (κ3) is 4.11. The van der Waals surface area contributed by atoms with Crippen LogP contribution >= 0.6 is 0 Å². The third-order valence-corrected chi connectivity index (χ3v) is 6.86. The zero-order valence-electron chi connectivity index (χ0n) is 18.6. The summed E-state index contributed by atoms with van der Waals surface area (Å²) in [5.41, 5.74) is 6.75. The molecule has 2 aliphatic rings. The zero-order valence-corrected chi connectivity index (χ0v) is 18.6. The van der Waals surface area contributed by atoms with Gasteiger partial charge in [-0.15, -0.1) is 0 Å². The number of likely N-dealkylation sites (N-methyl/N-ethyl adjacent to an activating group) is 1. The molecule has 0 bridgehead atoms. The molecule has 1 saturated carbocycles. The molecule has 0 spiro atoms. The lowest BCUT2D eigenvalue weighted by atomic mass is 9.97. The standard InChI is InChI=1S/C28H27NO4/c1-29(26(27(30)31)16-19-8-2-3-9-20(19)18-14-15-18)28(32)33-17-25-23-12-6-4-10-21(23)22-11-5-7-13-24(22)25/h2-13,18,25-26H,14-17H2,1H3,(H,30,31). The van der Waals surface area contributed by atoms with Gasteiger partial charge in [0, 0.05) is 19.4 Å². The van der Waals surface area contributed by atoms with Gasteiger partial charge < -0.3 is 9.84 Å². The van der Waals surface area contributed by atoms with Crippen molar-refractivity contribution in [2.75, 3.05) is 13.7 Å². The Labute approximate surface area is 193 Å². The van der Waals surface area contributed by atoms with Crippen LogP contribution in [-0.4, -0.2) is 41.8 Å². The summed E-state index contributed by atoms with van der Waals surface area (Å²) in [4.78, 5) is 26.2. The van der Waals surface area contributed by atoms with Crippen molar-refractivity contribution in [3.8, 4) is 11.1 Å². The Morgan fingerprint density at radius 1 is 0.909 bits per heavy atom. The van der Waals surface area contributed by atoms with E-state index >= 15 is 0 Å². The highest BCUT2D eigenvalue weighted by molar-refractivity contribution is 5.81. The van der Waals surface area contributed by atoms with E-state index in [4.69, 9.17) is 4.74 Å². The second kappa shape index (κ2) is 8.74. The van der Waals surface area contributed by atoms with E-state index in [-0.39, 0.29) is 18.9 Å². The first-order valence-electron chi connectivity index (χ1n) is 11.4. The molecule has 1 N–H and O–H groups in total. The predicted molar refractivity (Wildman–Crippen MR) is 126 cm³/mol. The number of hydrogen-bond donors (Lipinski definition) is 1. The Morgan fingerprint density at radius 2 is 1.45 bits per heavy atom. The summed E-state index contributed by atoms with van der Waals surface area (Å²) in [7, 11) is 1.51. The highest BCUT2D eigenvalue weighted by Gasteiger charge is 2.33. The van der Waals surface area contributed by atoms with Crippen LogP contribution in [0, 0.1) is 0 Å². The zero-order chi connectivity index (χ0) is 22.9. The minimum atomic E-state index is -1.03. The minimum absolute atomic E-state index is 0.0615. The van der Waals surface area contributed by atoms with Crippen molar-refractivity contribution in [1.29, 1.82) is 0 Å². The molecule has 0 aliphatic heterocycles. The van der Waals surface area contributed by atoms with Gasteiger partial charge in [0.25, 0.3) is 0 Å². The smallest absolute Gasteiger partial charge is 0.410 e. The number of carbonyl (C=O) groups excluding carboxylic acids is 1. The second-order valence-electron chi connectivity index (χ2n) is 8.95. The van der Waals surface area contributed by atoms with Crippen molar-refractivity contribution in [2.24, 2.45) is 0 Å². The van der Waals surface area contributed by atoms with E-state index in [0.717, 1.165) is 40.7 Å². The highest BCUT2D eigenvalue weighted by atomic mass is 16.6. The van der Waals surface area contributed by atoms with E-state index < -0.39 is 18.1 Å². The van der Waals surface area contributed by atoms with Crippen LogP contribution in [0.25, 0.3) is 11.1 Å². The molecular weight excluding hydrogens is 414 g/mol. The molecule has 3 aromatic rings. The van der Waals surface area contributed by atoms with E-state index in [1.54, 1.807) is 0 Å². The number of ether oxygens (including phenoxy) is 1. The molecule has 3 aromatic carbocycles. The molecule has 0 saturated heterocycles. The summed E-state index contributed by atoms with van der Waals surface area (Å²) in [6, 6.07) is 23.2. The molecule has 0 aromatic heterocycles. The summed E-state index contributed by atoms with van der Waals surface area (Å²) in [5.74, 6) is -0.583. The number of hydrogen-bond acceptors (Lipinski definition) is 3. The number of amides is 1. The maximum absolute atomic E-state index is 12.9. The summed E-state index contributed by atoms with van der Waals surface area (Å²) < 4.78 is 5.68. The Bertz CT molecular complexity index is 1150. The number of benzene rings is 3. The Morgan fingerprint density at radius 3 is 2.03 bits per heavy atom. The maximum Gasteiger partial charge on any atom is 0.410 e. The molecule has 1 amide bonds. The van der Waals surface area contributed by atoms with Crippen LogP contribution < -0.4 is 0 Å². The highest BCUT2D eigenvalue weighted by Crippen LogP contribution is 2.44. The molecule has 1 unspecified atom stereocenters. The van der Waals surface area contributed by atoms with Crippen LogP contribution in [0.4, 0.5) is 4.79 Å². The quantitative estimate of drug-likeness (QED) is 0.530. The van der Waals surface area contributed by atoms with Gasteiger partial charge in [-0.3, -0.25) is 4.90 Å². The van der Waals surface area contributed by atoms with Crippen LogP contribution in [0.1, 0.15) is 46.9 Å². The largest absolute Gasteiger partial charge is 0.480 e. The summed E-state index contributed by atoms with van der Waals surface area (Å²) >= 11 is 0. The summed E-state index contributed by atoms with van der Waals surface area (Å²) in [5, 5.41) is 9.89. The first-order chi connectivity index (χ1) is 16.0. The van der Waals surface area contributed by atoms with Gasteiger partial charge in [-0.05, 0) is 52.1 Å². The molecule has 0 radical (unpaired) electrons. The van der Waals surface area contributed by atoms with E-state index in [9.17, 15) is 14.7 Å². The molecule has 2 aliphatic carbocycles. The van der Waals surface area contributed by atoms with Gasteiger partial charge in [-0.25, -0.2) is 9.59 Å². The first-order valence-corrected chi connectivity index (χ1v) is 11.4. The maximum atomic E-state index is 12.9. The number of nitrogens with zero attached hydrogens (tertiary/aromatic N) is 1. The number of carboxylic acid groups (broad SMARTS) is 1.